The molecule has 2 aliphatic rings. The fourth-order valence-corrected chi connectivity index (χ4v) is 5.20. The Morgan fingerprint density at radius 3 is 2.46 bits per heavy atom. The van der Waals surface area contributed by atoms with Gasteiger partial charge >= 0.3 is 0 Å². The number of amides is 2. The van der Waals surface area contributed by atoms with Gasteiger partial charge in [-0.05, 0) is 23.8 Å². The molecule has 37 heavy (non-hydrogen) atoms. The monoisotopic (exact) mass is 549 g/mol. The van der Waals surface area contributed by atoms with Gasteiger partial charge in [-0.3, -0.25) is 23.7 Å². The van der Waals surface area contributed by atoms with Gasteiger partial charge in [0.25, 0.3) is 11.5 Å². The van der Waals surface area contributed by atoms with Gasteiger partial charge in [0.05, 0.1) is 30.3 Å². The summed E-state index contributed by atoms with van der Waals surface area (Å²) < 4.78 is 21.6. The highest BCUT2D eigenvalue weighted by Gasteiger charge is 2.27. The lowest BCUT2D eigenvalue weighted by Crippen LogP contribution is -2.52. The van der Waals surface area contributed by atoms with Crippen molar-refractivity contribution in [3.05, 3.63) is 73.6 Å². The van der Waals surface area contributed by atoms with Crippen LogP contribution in [-0.2, 0) is 16.0 Å². The standard InChI is InChI=1S/C25H26Cl2FN5O4/c26-19-13-21-24(35)29-14-17(33(21)23(19)27)11-16-1-2-20(28)18(12-16)25(36)32-5-3-30(4-6-32)15-22(34)31-7-9-37-10-8-31/h1-2,12-14H,3-11,15H2,(H,29,35). The van der Waals surface area contributed by atoms with Crippen molar-refractivity contribution in [2.24, 2.45) is 0 Å². The second-order valence-electron chi connectivity index (χ2n) is 9.17. The van der Waals surface area contributed by atoms with Crippen molar-refractivity contribution in [1.29, 1.82) is 0 Å². The summed E-state index contributed by atoms with van der Waals surface area (Å²) in [6.07, 6.45) is 1.82. The van der Waals surface area contributed by atoms with Gasteiger partial charge < -0.3 is 19.5 Å². The number of rotatable bonds is 5. The number of aromatic nitrogens is 2. The van der Waals surface area contributed by atoms with Gasteiger partial charge in [0.15, 0.2) is 0 Å². The fourth-order valence-electron chi connectivity index (χ4n) is 4.76. The zero-order valence-electron chi connectivity index (χ0n) is 20.0. The number of nitrogens with zero attached hydrogens (tertiary/aromatic N) is 4. The zero-order chi connectivity index (χ0) is 26.1. The van der Waals surface area contributed by atoms with Gasteiger partial charge in [0, 0.05) is 57.6 Å². The summed E-state index contributed by atoms with van der Waals surface area (Å²) in [6.45, 7) is 4.47. The molecule has 1 N–H and O–H groups in total. The van der Waals surface area contributed by atoms with Crippen LogP contribution in [0.15, 0.2) is 35.3 Å². The van der Waals surface area contributed by atoms with Crippen molar-refractivity contribution >= 4 is 40.5 Å². The molecule has 2 aliphatic heterocycles. The van der Waals surface area contributed by atoms with Crippen molar-refractivity contribution in [2.75, 3.05) is 59.0 Å². The highest BCUT2D eigenvalue weighted by molar-refractivity contribution is 6.42. The maximum absolute atomic E-state index is 14.7. The molecule has 9 nitrogen and oxygen atoms in total. The van der Waals surface area contributed by atoms with Crippen molar-refractivity contribution < 1.29 is 18.7 Å². The lowest BCUT2D eigenvalue weighted by atomic mass is 10.0. The molecule has 0 unspecified atom stereocenters. The first-order chi connectivity index (χ1) is 17.8. The number of carbonyl (C=O) groups is 2. The molecule has 3 aromatic rings. The minimum atomic E-state index is -0.604. The third-order valence-corrected chi connectivity index (χ3v) is 7.57. The number of hydrogen-bond donors (Lipinski definition) is 1. The minimum absolute atomic E-state index is 0.0207. The molecule has 4 heterocycles. The van der Waals surface area contributed by atoms with Gasteiger partial charge in [-0.2, -0.15) is 0 Å². The Kier molecular flexibility index (Phi) is 7.52. The van der Waals surface area contributed by atoms with E-state index in [0.29, 0.717) is 75.8 Å². The first-order valence-corrected chi connectivity index (χ1v) is 12.8. The van der Waals surface area contributed by atoms with E-state index in [-0.39, 0.29) is 33.6 Å². The number of benzene rings is 1. The summed E-state index contributed by atoms with van der Waals surface area (Å²) in [7, 11) is 0. The second kappa shape index (κ2) is 10.8. The molecule has 0 atom stereocenters. The summed E-state index contributed by atoms with van der Waals surface area (Å²) >= 11 is 12.4. The Morgan fingerprint density at radius 1 is 1.00 bits per heavy atom. The Morgan fingerprint density at radius 2 is 1.73 bits per heavy atom. The molecule has 196 valence electrons. The largest absolute Gasteiger partial charge is 0.378 e. The van der Waals surface area contributed by atoms with Crippen LogP contribution in [0.2, 0.25) is 10.2 Å². The zero-order valence-corrected chi connectivity index (χ0v) is 21.5. The Balaban J connectivity index is 1.26. The Bertz CT molecular complexity index is 1390. The minimum Gasteiger partial charge on any atom is -0.378 e. The topological polar surface area (TPSA) is 90.4 Å². The van der Waals surface area contributed by atoms with Crippen LogP contribution in [0.4, 0.5) is 4.39 Å². The number of piperazine rings is 1. The third-order valence-electron chi connectivity index (χ3n) is 6.82. The first kappa shape index (κ1) is 25.7. The molecule has 2 aromatic heterocycles. The molecule has 0 saturated carbocycles. The maximum Gasteiger partial charge on any atom is 0.272 e. The van der Waals surface area contributed by atoms with Gasteiger partial charge in [-0.1, -0.05) is 29.3 Å². The molecule has 0 bridgehead atoms. The van der Waals surface area contributed by atoms with Crippen LogP contribution >= 0.6 is 23.2 Å². The summed E-state index contributed by atoms with van der Waals surface area (Å²) in [6, 6.07) is 5.88. The quantitative estimate of drug-likeness (QED) is 0.527. The molecule has 0 spiro atoms. The Labute approximate surface area is 222 Å². The molecule has 2 saturated heterocycles. The number of H-pyrrole nitrogens is 1. The molecule has 2 fully saturated rings. The van der Waals surface area contributed by atoms with Crippen LogP contribution in [-0.4, -0.2) is 94.9 Å². The van der Waals surface area contributed by atoms with E-state index in [1.54, 1.807) is 20.3 Å². The number of halogens is 3. The normalized spacial score (nSPS) is 16.9. The van der Waals surface area contributed by atoms with Crippen LogP contribution in [0, 0.1) is 5.82 Å². The molecule has 12 heteroatoms. The second-order valence-corrected chi connectivity index (χ2v) is 9.93. The molecule has 2 amide bonds. The highest BCUT2D eigenvalue weighted by Crippen LogP contribution is 2.27. The first-order valence-electron chi connectivity index (χ1n) is 12.0. The van der Waals surface area contributed by atoms with Gasteiger partial charge in [0.2, 0.25) is 5.91 Å². The number of hydrogen-bond acceptors (Lipinski definition) is 5. The smallest absolute Gasteiger partial charge is 0.272 e. The molecular formula is C25H26Cl2FN5O4. The number of nitrogens with one attached hydrogen (secondary N) is 1. The van der Waals surface area contributed by atoms with E-state index in [4.69, 9.17) is 27.9 Å². The number of ether oxygens (including phenoxy) is 1. The van der Waals surface area contributed by atoms with Gasteiger partial charge in [-0.15, -0.1) is 0 Å². The lowest BCUT2D eigenvalue weighted by Gasteiger charge is -2.36. The fraction of sp³-hybridized carbons (Fsp3) is 0.400. The molecule has 1 aromatic carbocycles. The number of fused-ring (bicyclic) bond motifs is 1. The van der Waals surface area contributed by atoms with E-state index in [0.717, 1.165) is 0 Å². The van der Waals surface area contributed by atoms with Crippen molar-refractivity contribution in [3.8, 4) is 0 Å². The van der Waals surface area contributed by atoms with Gasteiger partial charge in [-0.25, -0.2) is 4.39 Å². The number of aromatic amines is 1. The van der Waals surface area contributed by atoms with E-state index in [9.17, 15) is 18.8 Å². The predicted octanol–water partition coefficient (Wildman–Crippen LogP) is 2.28. The Hall–Kier alpha value is -2.92. The van der Waals surface area contributed by atoms with E-state index < -0.39 is 11.7 Å². The van der Waals surface area contributed by atoms with E-state index in [1.165, 1.54) is 24.4 Å². The van der Waals surface area contributed by atoms with Crippen molar-refractivity contribution in [1.82, 2.24) is 24.1 Å². The van der Waals surface area contributed by atoms with E-state index in [2.05, 4.69) is 4.98 Å². The molecule has 0 radical (unpaired) electrons. The summed E-state index contributed by atoms with van der Waals surface area (Å²) in [4.78, 5) is 46.0. The van der Waals surface area contributed by atoms with Crippen LogP contribution in [0.25, 0.3) is 5.52 Å². The van der Waals surface area contributed by atoms with E-state index >= 15 is 0 Å². The SMILES string of the molecule is O=C(CN1CCN(C(=O)c2cc(Cc3c[nH]c(=O)c4cc(Cl)c(Cl)n34)ccc2F)CC1)N1CCOCC1. The maximum atomic E-state index is 14.7. The number of morpholine rings is 1. The molecule has 5 rings (SSSR count). The summed E-state index contributed by atoms with van der Waals surface area (Å²) in [5.74, 6) is -0.943. The summed E-state index contributed by atoms with van der Waals surface area (Å²) in [5, 5.41) is 0.460. The average Bonchev–Trinajstić information content (AvgIpc) is 3.22. The average molecular weight is 550 g/mol. The van der Waals surface area contributed by atoms with E-state index in [1.807, 2.05) is 4.90 Å². The van der Waals surface area contributed by atoms with Crippen LogP contribution < -0.4 is 5.56 Å². The number of carbonyl (C=O) groups excluding carboxylic acids is 2. The highest BCUT2D eigenvalue weighted by atomic mass is 35.5. The summed E-state index contributed by atoms with van der Waals surface area (Å²) in [5.41, 5.74) is 1.26. The van der Waals surface area contributed by atoms with Crippen LogP contribution in [0.1, 0.15) is 21.6 Å². The molecule has 0 aliphatic carbocycles. The van der Waals surface area contributed by atoms with Crippen LogP contribution in [0.5, 0.6) is 0 Å². The molecular weight excluding hydrogens is 524 g/mol. The lowest BCUT2D eigenvalue weighted by molar-refractivity contribution is -0.136. The predicted molar refractivity (Wildman–Crippen MR) is 137 cm³/mol. The van der Waals surface area contributed by atoms with Gasteiger partial charge in [0.1, 0.15) is 16.5 Å². The van der Waals surface area contributed by atoms with Crippen LogP contribution in [0.3, 0.4) is 0 Å². The van der Waals surface area contributed by atoms with Crippen molar-refractivity contribution in [3.63, 3.8) is 0 Å². The van der Waals surface area contributed by atoms with Crippen molar-refractivity contribution in [2.45, 2.75) is 6.42 Å². The third kappa shape index (κ3) is 5.38.